The molecule has 0 bridgehead atoms. The lowest BCUT2D eigenvalue weighted by Gasteiger charge is -2.37. The minimum Gasteiger partial charge on any atom is -0.359 e. The van der Waals surface area contributed by atoms with Gasteiger partial charge in [0.05, 0.1) is 5.60 Å². The molecule has 0 N–H and O–H groups in total. The molecule has 16 heavy (non-hydrogen) atoms. The van der Waals surface area contributed by atoms with Gasteiger partial charge in [-0.15, -0.1) is 13.2 Å². The lowest BCUT2D eigenvalue weighted by atomic mass is 9.88. The molecule has 1 aliphatic heterocycles. The fourth-order valence-corrected chi connectivity index (χ4v) is 1.95. The van der Waals surface area contributed by atoms with Gasteiger partial charge in [-0.3, -0.25) is 4.79 Å². The number of ketones is 1. The standard InChI is InChI=1S/C14H20O2/c1-5-8-14(9-6-2)10-7-12(15)13(16-14)11(3)4/h5-7,10-11,13H,1-2,8-9H2,3-4H3. The highest BCUT2D eigenvalue weighted by Crippen LogP contribution is 2.31. The number of hydrogen-bond acceptors (Lipinski definition) is 2. The summed E-state index contributed by atoms with van der Waals surface area (Å²) in [5, 5.41) is 0. The van der Waals surface area contributed by atoms with E-state index in [2.05, 4.69) is 13.2 Å². The van der Waals surface area contributed by atoms with Crippen molar-refractivity contribution in [2.45, 2.75) is 38.4 Å². The Labute approximate surface area is 97.7 Å². The summed E-state index contributed by atoms with van der Waals surface area (Å²) < 4.78 is 5.95. The first-order valence-corrected chi connectivity index (χ1v) is 5.67. The average Bonchev–Trinajstić information content (AvgIpc) is 2.22. The molecule has 2 heteroatoms. The van der Waals surface area contributed by atoms with Gasteiger partial charge in [0.1, 0.15) is 6.10 Å². The van der Waals surface area contributed by atoms with Crippen molar-refractivity contribution >= 4 is 5.78 Å². The van der Waals surface area contributed by atoms with E-state index in [1.165, 1.54) is 0 Å². The molecule has 0 saturated carbocycles. The smallest absolute Gasteiger partial charge is 0.184 e. The van der Waals surface area contributed by atoms with Crippen LogP contribution >= 0.6 is 0 Å². The molecule has 0 aromatic heterocycles. The van der Waals surface area contributed by atoms with Crippen LogP contribution in [-0.4, -0.2) is 17.5 Å². The zero-order chi connectivity index (χ0) is 12.2. The third-order valence-electron chi connectivity index (χ3n) is 2.78. The third kappa shape index (κ3) is 2.70. The van der Waals surface area contributed by atoms with Crippen LogP contribution in [0.1, 0.15) is 26.7 Å². The molecule has 88 valence electrons. The summed E-state index contributed by atoms with van der Waals surface area (Å²) in [5.74, 6) is 0.241. The number of ether oxygens (including phenoxy) is 1. The second kappa shape index (κ2) is 5.26. The molecule has 0 aromatic carbocycles. The number of rotatable bonds is 5. The summed E-state index contributed by atoms with van der Waals surface area (Å²) in [6.45, 7) is 11.5. The van der Waals surface area contributed by atoms with Gasteiger partial charge in [-0.1, -0.05) is 26.0 Å². The molecule has 2 nitrogen and oxygen atoms in total. The summed E-state index contributed by atoms with van der Waals surface area (Å²) in [7, 11) is 0. The summed E-state index contributed by atoms with van der Waals surface area (Å²) in [4.78, 5) is 11.7. The van der Waals surface area contributed by atoms with Crippen molar-refractivity contribution in [1.82, 2.24) is 0 Å². The van der Waals surface area contributed by atoms with Crippen molar-refractivity contribution in [3.63, 3.8) is 0 Å². The molecule has 1 unspecified atom stereocenters. The Bertz CT molecular complexity index is 303. The van der Waals surface area contributed by atoms with Crippen molar-refractivity contribution in [1.29, 1.82) is 0 Å². The Morgan fingerprint density at radius 1 is 1.44 bits per heavy atom. The van der Waals surface area contributed by atoms with E-state index >= 15 is 0 Å². The summed E-state index contributed by atoms with van der Waals surface area (Å²) in [6.07, 6.45) is 8.18. The first kappa shape index (κ1) is 12.9. The van der Waals surface area contributed by atoms with E-state index < -0.39 is 5.60 Å². The summed E-state index contributed by atoms with van der Waals surface area (Å²) in [6, 6.07) is 0. The van der Waals surface area contributed by atoms with Crippen molar-refractivity contribution in [2.75, 3.05) is 0 Å². The highest BCUT2D eigenvalue weighted by Gasteiger charge is 2.36. The van der Waals surface area contributed by atoms with E-state index in [4.69, 9.17) is 4.74 Å². The summed E-state index contributed by atoms with van der Waals surface area (Å²) in [5.41, 5.74) is -0.424. The van der Waals surface area contributed by atoms with Gasteiger partial charge in [0.15, 0.2) is 5.78 Å². The molecular formula is C14H20O2. The molecule has 0 aliphatic carbocycles. The van der Waals surface area contributed by atoms with Crippen LogP contribution < -0.4 is 0 Å². The molecule has 1 aliphatic rings. The lowest BCUT2D eigenvalue weighted by molar-refractivity contribution is -0.143. The summed E-state index contributed by atoms with van der Waals surface area (Å²) >= 11 is 0. The van der Waals surface area contributed by atoms with E-state index in [0.29, 0.717) is 12.8 Å². The second-order valence-electron chi connectivity index (χ2n) is 4.57. The topological polar surface area (TPSA) is 26.3 Å². The van der Waals surface area contributed by atoms with E-state index in [9.17, 15) is 4.79 Å². The Morgan fingerprint density at radius 3 is 2.44 bits per heavy atom. The van der Waals surface area contributed by atoms with Gasteiger partial charge in [0.25, 0.3) is 0 Å². The Hall–Kier alpha value is -1.15. The van der Waals surface area contributed by atoms with Crippen molar-refractivity contribution in [2.24, 2.45) is 5.92 Å². The maximum Gasteiger partial charge on any atom is 0.184 e. The molecule has 1 heterocycles. The predicted molar refractivity (Wildman–Crippen MR) is 66.2 cm³/mol. The number of carbonyl (C=O) groups is 1. The van der Waals surface area contributed by atoms with E-state index in [-0.39, 0.29) is 17.8 Å². The van der Waals surface area contributed by atoms with E-state index in [1.54, 1.807) is 6.08 Å². The number of hydrogen-bond donors (Lipinski definition) is 0. The van der Waals surface area contributed by atoms with Crippen LogP contribution in [-0.2, 0) is 9.53 Å². The molecule has 0 amide bonds. The molecule has 0 saturated heterocycles. The fraction of sp³-hybridized carbons (Fsp3) is 0.500. The van der Waals surface area contributed by atoms with Gasteiger partial charge in [0.2, 0.25) is 0 Å². The zero-order valence-corrected chi connectivity index (χ0v) is 10.1. The first-order valence-electron chi connectivity index (χ1n) is 5.67. The third-order valence-corrected chi connectivity index (χ3v) is 2.78. The second-order valence-corrected chi connectivity index (χ2v) is 4.57. The zero-order valence-electron chi connectivity index (χ0n) is 10.1. The molecule has 1 atom stereocenters. The van der Waals surface area contributed by atoms with E-state index in [0.717, 1.165) is 0 Å². The van der Waals surface area contributed by atoms with E-state index in [1.807, 2.05) is 32.1 Å². The molecule has 0 spiro atoms. The normalized spacial score (nSPS) is 23.4. The molecule has 0 fully saturated rings. The lowest BCUT2D eigenvalue weighted by Crippen LogP contribution is -2.43. The molecular weight excluding hydrogens is 200 g/mol. The highest BCUT2D eigenvalue weighted by molar-refractivity contribution is 5.94. The maximum atomic E-state index is 11.7. The minimum absolute atomic E-state index is 0.0544. The van der Waals surface area contributed by atoms with Gasteiger partial charge in [-0.05, 0) is 30.9 Å². The van der Waals surface area contributed by atoms with Gasteiger partial charge in [0, 0.05) is 0 Å². The Morgan fingerprint density at radius 2 is 2.00 bits per heavy atom. The Kier molecular flexibility index (Phi) is 4.25. The SMILES string of the molecule is C=CCC1(CC=C)C=CC(=O)C(C(C)C)O1. The van der Waals surface area contributed by atoms with Crippen LogP contribution in [0.4, 0.5) is 0 Å². The quantitative estimate of drug-likeness (QED) is 0.666. The molecule has 0 radical (unpaired) electrons. The van der Waals surface area contributed by atoms with Crippen LogP contribution in [0, 0.1) is 5.92 Å². The van der Waals surface area contributed by atoms with Crippen LogP contribution in [0.2, 0.25) is 0 Å². The van der Waals surface area contributed by atoms with Crippen molar-refractivity contribution in [3.8, 4) is 0 Å². The highest BCUT2D eigenvalue weighted by atomic mass is 16.5. The van der Waals surface area contributed by atoms with Crippen LogP contribution in [0.15, 0.2) is 37.5 Å². The van der Waals surface area contributed by atoms with Gasteiger partial charge < -0.3 is 4.74 Å². The predicted octanol–water partition coefficient (Wildman–Crippen LogP) is 3.06. The maximum absolute atomic E-state index is 11.7. The van der Waals surface area contributed by atoms with Crippen LogP contribution in [0.25, 0.3) is 0 Å². The van der Waals surface area contributed by atoms with Crippen molar-refractivity contribution in [3.05, 3.63) is 37.5 Å². The first-order chi connectivity index (χ1) is 7.54. The van der Waals surface area contributed by atoms with Gasteiger partial charge in [-0.25, -0.2) is 0 Å². The average molecular weight is 220 g/mol. The minimum atomic E-state index is -0.424. The molecule has 1 rings (SSSR count). The monoisotopic (exact) mass is 220 g/mol. The number of carbonyl (C=O) groups excluding carboxylic acids is 1. The largest absolute Gasteiger partial charge is 0.359 e. The fourth-order valence-electron chi connectivity index (χ4n) is 1.95. The van der Waals surface area contributed by atoms with Crippen LogP contribution in [0.5, 0.6) is 0 Å². The van der Waals surface area contributed by atoms with Gasteiger partial charge >= 0.3 is 0 Å². The molecule has 0 aromatic rings. The van der Waals surface area contributed by atoms with Crippen LogP contribution in [0.3, 0.4) is 0 Å². The van der Waals surface area contributed by atoms with Crippen molar-refractivity contribution < 1.29 is 9.53 Å². The Balaban J connectivity index is 2.95. The van der Waals surface area contributed by atoms with Gasteiger partial charge in [-0.2, -0.15) is 0 Å².